The minimum Gasteiger partial charge on any atom is -0.378 e. The van der Waals surface area contributed by atoms with Gasteiger partial charge >= 0.3 is 0 Å². The van der Waals surface area contributed by atoms with Crippen LogP contribution in [0.4, 0.5) is 0 Å². The van der Waals surface area contributed by atoms with Crippen molar-refractivity contribution in [1.82, 2.24) is 15.5 Å². The standard InChI is InChI=1S/C12H21N3O3/c1-2-10(14-11(16)9-7-13-8-9)12(17)15-3-5-18-6-4-15/h9-10,13H,2-8H2,1H3,(H,14,16). The van der Waals surface area contributed by atoms with E-state index in [-0.39, 0.29) is 17.7 Å². The van der Waals surface area contributed by atoms with Gasteiger partial charge < -0.3 is 20.3 Å². The molecule has 6 heteroatoms. The van der Waals surface area contributed by atoms with Gasteiger partial charge in [0, 0.05) is 26.2 Å². The molecule has 1 unspecified atom stereocenters. The topological polar surface area (TPSA) is 70.7 Å². The van der Waals surface area contributed by atoms with Crippen molar-refractivity contribution >= 4 is 11.8 Å². The Hall–Kier alpha value is -1.14. The molecule has 2 heterocycles. The Morgan fingerprint density at radius 3 is 2.56 bits per heavy atom. The highest BCUT2D eigenvalue weighted by Gasteiger charge is 2.30. The molecule has 2 rings (SSSR count). The second-order valence-electron chi connectivity index (χ2n) is 4.76. The highest BCUT2D eigenvalue weighted by Crippen LogP contribution is 2.07. The van der Waals surface area contributed by atoms with Crippen molar-refractivity contribution in [1.29, 1.82) is 0 Å². The first-order valence-corrected chi connectivity index (χ1v) is 6.60. The van der Waals surface area contributed by atoms with Crippen LogP contribution < -0.4 is 10.6 Å². The van der Waals surface area contributed by atoms with E-state index < -0.39 is 6.04 Å². The van der Waals surface area contributed by atoms with Crippen LogP contribution >= 0.6 is 0 Å². The van der Waals surface area contributed by atoms with E-state index in [1.807, 2.05) is 6.92 Å². The average Bonchev–Trinajstić information content (AvgIpc) is 2.34. The number of nitrogens with zero attached hydrogens (tertiary/aromatic N) is 1. The van der Waals surface area contributed by atoms with Crippen LogP contribution in [0.25, 0.3) is 0 Å². The number of amides is 2. The van der Waals surface area contributed by atoms with E-state index in [9.17, 15) is 9.59 Å². The molecule has 2 aliphatic rings. The van der Waals surface area contributed by atoms with Crippen LogP contribution in [0.3, 0.4) is 0 Å². The normalized spacial score (nSPS) is 22.2. The van der Waals surface area contributed by atoms with Crippen molar-refractivity contribution in [3.8, 4) is 0 Å². The van der Waals surface area contributed by atoms with Crippen molar-refractivity contribution in [2.75, 3.05) is 39.4 Å². The number of hydrogen-bond acceptors (Lipinski definition) is 4. The summed E-state index contributed by atoms with van der Waals surface area (Å²) in [7, 11) is 0. The maximum Gasteiger partial charge on any atom is 0.245 e. The third-order valence-corrected chi connectivity index (χ3v) is 3.50. The molecule has 0 aliphatic carbocycles. The Balaban J connectivity index is 1.86. The molecular weight excluding hydrogens is 234 g/mol. The average molecular weight is 255 g/mol. The second-order valence-corrected chi connectivity index (χ2v) is 4.76. The van der Waals surface area contributed by atoms with Gasteiger partial charge in [-0.2, -0.15) is 0 Å². The van der Waals surface area contributed by atoms with Crippen molar-refractivity contribution in [3.63, 3.8) is 0 Å². The second kappa shape index (κ2) is 6.15. The molecule has 0 spiro atoms. The third kappa shape index (κ3) is 3.00. The highest BCUT2D eigenvalue weighted by atomic mass is 16.5. The fourth-order valence-corrected chi connectivity index (χ4v) is 2.11. The van der Waals surface area contributed by atoms with Gasteiger partial charge in [-0.05, 0) is 6.42 Å². The molecular formula is C12H21N3O3. The Kier molecular flexibility index (Phi) is 4.54. The largest absolute Gasteiger partial charge is 0.378 e. The van der Waals surface area contributed by atoms with Crippen molar-refractivity contribution in [2.24, 2.45) is 5.92 Å². The smallest absolute Gasteiger partial charge is 0.245 e. The predicted octanol–water partition coefficient (Wildman–Crippen LogP) is -1.04. The van der Waals surface area contributed by atoms with E-state index in [1.54, 1.807) is 4.90 Å². The molecule has 102 valence electrons. The number of hydrogen-bond donors (Lipinski definition) is 2. The molecule has 2 fully saturated rings. The molecule has 2 amide bonds. The fourth-order valence-electron chi connectivity index (χ4n) is 2.11. The van der Waals surface area contributed by atoms with Gasteiger partial charge in [0.25, 0.3) is 0 Å². The van der Waals surface area contributed by atoms with Gasteiger partial charge in [0.2, 0.25) is 11.8 Å². The van der Waals surface area contributed by atoms with Crippen molar-refractivity contribution < 1.29 is 14.3 Å². The van der Waals surface area contributed by atoms with E-state index in [1.165, 1.54) is 0 Å². The Labute approximate surface area is 107 Å². The molecule has 0 aromatic carbocycles. The lowest BCUT2D eigenvalue weighted by atomic mass is 10.0. The maximum atomic E-state index is 12.2. The molecule has 2 aliphatic heterocycles. The molecule has 1 atom stereocenters. The fraction of sp³-hybridized carbons (Fsp3) is 0.833. The van der Waals surface area contributed by atoms with Gasteiger partial charge in [0.05, 0.1) is 19.1 Å². The van der Waals surface area contributed by atoms with E-state index in [2.05, 4.69) is 10.6 Å². The summed E-state index contributed by atoms with van der Waals surface area (Å²) >= 11 is 0. The Morgan fingerprint density at radius 1 is 1.39 bits per heavy atom. The van der Waals surface area contributed by atoms with E-state index >= 15 is 0 Å². The summed E-state index contributed by atoms with van der Waals surface area (Å²) in [5.74, 6) is 0.0279. The van der Waals surface area contributed by atoms with Gasteiger partial charge in [0.15, 0.2) is 0 Å². The Morgan fingerprint density at radius 2 is 2.06 bits per heavy atom. The summed E-state index contributed by atoms with van der Waals surface area (Å²) < 4.78 is 5.22. The third-order valence-electron chi connectivity index (χ3n) is 3.50. The highest BCUT2D eigenvalue weighted by molar-refractivity contribution is 5.89. The van der Waals surface area contributed by atoms with Crippen LogP contribution in [0, 0.1) is 5.92 Å². The van der Waals surface area contributed by atoms with Crippen LogP contribution in [0.5, 0.6) is 0 Å². The zero-order valence-corrected chi connectivity index (χ0v) is 10.8. The minimum atomic E-state index is -0.392. The molecule has 0 saturated carbocycles. The first kappa shape index (κ1) is 13.3. The van der Waals surface area contributed by atoms with E-state index in [0.717, 1.165) is 0 Å². The molecule has 0 radical (unpaired) electrons. The molecule has 6 nitrogen and oxygen atoms in total. The minimum absolute atomic E-state index is 0.0118. The summed E-state index contributed by atoms with van der Waals surface area (Å²) in [6, 6.07) is -0.392. The number of rotatable bonds is 4. The SMILES string of the molecule is CCC(NC(=O)C1CNC1)C(=O)N1CCOCC1. The summed E-state index contributed by atoms with van der Waals surface area (Å²) in [5.41, 5.74) is 0. The lowest BCUT2D eigenvalue weighted by molar-refractivity contribution is -0.141. The van der Waals surface area contributed by atoms with Crippen LogP contribution in [0.2, 0.25) is 0 Å². The molecule has 0 aromatic rings. The van der Waals surface area contributed by atoms with Crippen LogP contribution in [-0.2, 0) is 14.3 Å². The number of ether oxygens (including phenoxy) is 1. The summed E-state index contributed by atoms with van der Waals surface area (Å²) in [6.45, 7) is 5.77. The Bertz CT molecular complexity index is 312. The maximum absolute atomic E-state index is 12.2. The van der Waals surface area contributed by atoms with Crippen LogP contribution in [0.15, 0.2) is 0 Å². The molecule has 18 heavy (non-hydrogen) atoms. The van der Waals surface area contributed by atoms with E-state index in [4.69, 9.17) is 4.74 Å². The van der Waals surface area contributed by atoms with Crippen molar-refractivity contribution in [3.05, 3.63) is 0 Å². The number of nitrogens with one attached hydrogen (secondary N) is 2. The number of carbonyl (C=O) groups is 2. The van der Waals surface area contributed by atoms with Crippen LogP contribution in [0.1, 0.15) is 13.3 Å². The number of morpholine rings is 1. The summed E-state index contributed by atoms with van der Waals surface area (Å²) in [5, 5.41) is 5.91. The molecule has 2 N–H and O–H groups in total. The number of carbonyl (C=O) groups excluding carboxylic acids is 2. The van der Waals surface area contributed by atoms with Gasteiger partial charge in [-0.3, -0.25) is 9.59 Å². The summed E-state index contributed by atoms with van der Waals surface area (Å²) in [6.07, 6.45) is 0.627. The lowest BCUT2D eigenvalue weighted by Crippen LogP contribution is -2.56. The zero-order chi connectivity index (χ0) is 13.0. The van der Waals surface area contributed by atoms with Gasteiger partial charge in [-0.1, -0.05) is 6.92 Å². The van der Waals surface area contributed by atoms with Gasteiger partial charge in [-0.15, -0.1) is 0 Å². The lowest BCUT2D eigenvalue weighted by Gasteiger charge is -2.32. The monoisotopic (exact) mass is 255 g/mol. The molecule has 0 bridgehead atoms. The molecule has 0 aromatic heterocycles. The van der Waals surface area contributed by atoms with Crippen molar-refractivity contribution in [2.45, 2.75) is 19.4 Å². The summed E-state index contributed by atoms with van der Waals surface area (Å²) in [4.78, 5) is 25.8. The predicted molar refractivity (Wildman–Crippen MR) is 66.0 cm³/mol. The van der Waals surface area contributed by atoms with Gasteiger partial charge in [-0.25, -0.2) is 0 Å². The first-order valence-electron chi connectivity index (χ1n) is 6.60. The quantitative estimate of drug-likeness (QED) is 0.673. The van der Waals surface area contributed by atoms with E-state index in [0.29, 0.717) is 45.8 Å². The molecule has 2 saturated heterocycles. The van der Waals surface area contributed by atoms with Gasteiger partial charge in [0.1, 0.15) is 6.04 Å². The van der Waals surface area contributed by atoms with Crippen LogP contribution in [-0.4, -0.2) is 62.1 Å². The zero-order valence-electron chi connectivity index (χ0n) is 10.8. The first-order chi connectivity index (χ1) is 8.72.